The fourth-order valence-electron chi connectivity index (χ4n) is 2.77. The smallest absolute Gasteiger partial charge is 0.328 e. The Kier molecular flexibility index (Phi) is 4.35. The zero-order valence-electron chi connectivity index (χ0n) is 14.7. The second kappa shape index (κ2) is 6.47. The molecule has 1 aromatic heterocycles. The minimum absolute atomic E-state index is 0.102. The summed E-state index contributed by atoms with van der Waals surface area (Å²) in [6.45, 7) is 3.67. The number of benzene rings is 2. The lowest BCUT2D eigenvalue weighted by Gasteiger charge is -2.15. The number of imidazole rings is 1. The third-order valence-corrected chi connectivity index (χ3v) is 4.21. The number of anilines is 1. The monoisotopic (exact) mass is 339 g/mol. The van der Waals surface area contributed by atoms with Gasteiger partial charge in [-0.3, -0.25) is 13.9 Å². The van der Waals surface area contributed by atoms with Gasteiger partial charge in [0, 0.05) is 19.8 Å². The van der Waals surface area contributed by atoms with E-state index in [1.54, 1.807) is 42.3 Å². The van der Waals surface area contributed by atoms with Crippen LogP contribution in [0.4, 0.5) is 5.69 Å². The first kappa shape index (κ1) is 16.8. The second-order valence-electron chi connectivity index (χ2n) is 6.17. The molecular formula is C19H21N3O3. The summed E-state index contributed by atoms with van der Waals surface area (Å²) in [6, 6.07) is 12.9. The van der Waals surface area contributed by atoms with Crippen LogP contribution in [-0.4, -0.2) is 21.1 Å². The molecule has 0 aliphatic carbocycles. The topological polar surface area (TPSA) is 65.3 Å². The van der Waals surface area contributed by atoms with E-state index < -0.39 is 6.10 Å². The Bertz CT molecular complexity index is 1000. The standard InChI is InChI=1S/C19H21N3O3/c1-12-6-5-7-15(10-12)25-13(2)18(23)20-14-8-9-16-17(11-14)22(4)19(24)21(16)3/h5-11,13H,1-4H3,(H,20,23)/t13-/m1/s1. The molecule has 1 atom stereocenters. The van der Waals surface area contributed by atoms with Crippen LogP contribution in [0.15, 0.2) is 47.3 Å². The average molecular weight is 339 g/mol. The summed E-state index contributed by atoms with van der Waals surface area (Å²) in [6.07, 6.45) is -0.642. The van der Waals surface area contributed by atoms with Gasteiger partial charge in [-0.25, -0.2) is 4.79 Å². The zero-order valence-corrected chi connectivity index (χ0v) is 14.7. The first-order valence-electron chi connectivity index (χ1n) is 8.06. The highest BCUT2D eigenvalue weighted by atomic mass is 16.5. The summed E-state index contributed by atoms with van der Waals surface area (Å²) in [7, 11) is 3.43. The molecule has 0 unspecified atom stereocenters. The predicted molar refractivity (Wildman–Crippen MR) is 98.1 cm³/mol. The van der Waals surface area contributed by atoms with E-state index in [2.05, 4.69) is 5.32 Å². The van der Waals surface area contributed by atoms with E-state index >= 15 is 0 Å². The van der Waals surface area contributed by atoms with Crippen LogP contribution in [-0.2, 0) is 18.9 Å². The van der Waals surface area contributed by atoms with Crippen LogP contribution in [0.3, 0.4) is 0 Å². The van der Waals surface area contributed by atoms with E-state index in [9.17, 15) is 9.59 Å². The molecule has 0 aliphatic heterocycles. The molecule has 6 nitrogen and oxygen atoms in total. The largest absolute Gasteiger partial charge is 0.481 e. The van der Waals surface area contributed by atoms with Crippen LogP contribution < -0.4 is 15.7 Å². The Morgan fingerprint density at radius 1 is 1.08 bits per heavy atom. The number of aromatic nitrogens is 2. The molecule has 0 bridgehead atoms. The van der Waals surface area contributed by atoms with Gasteiger partial charge in [-0.05, 0) is 49.7 Å². The third kappa shape index (κ3) is 3.28. The summed E-state index contributed by atoms with van der Waals surface area (Å²) < 4.78 is 8.82. The van der Waals surface area contributed by atoms with Crippen molar-refractivity contribution in [3.8, 4) is 5.75 Å². The molecule has 0 spiro atoms. The number of hydrogen-bond acceptors (Lipinski definition) is 3. The first-order valence-corrected chi connectivity index (χ1v) is 8.06. The van der Waals surface area contributed by atoms with E-state index in [-0.39, 0.29) is 11.6 Å². The van der Waals surface area contributed by atoms with Crippen LogP contribution >= 0.6 is 0 Å². The molecule has 130 valence electrons. The molecule has 3 rings (SSSR count). The molecular weight excluding hydrogens is 318 g/mol. The van der Waals surface area contributed by atoms with E-state index in [1.165, 1.54) is 0 Å². The number of nitrogens with one attached hydrogen (secondary N) is 1. The Labute approximate surface area is 145 Å². The van der Waals surface area contributed by atoms with E-state index in [0.29, 0.717) is 11.4 Å². The molecule has 1 N–H and O–H groups in total. The minimum Gasteiger partial charge on any atom is -0.481 e. The van der Waals surface area contributed by atoms with Gasteiger partial charge in [-0.1, -0.05) is 12.1 Å². The van der Waals surface area contributed by atoms with Gasteiger partial charge >= 0.3 is 5.69 Å². The van der Waals surface area contributed by atoms with Crippen molar-refractivity contribution in [2.24, 2.45) is 14.1 Å². The number of ether oxygens (including phenoxy) is 1. The van der Waals surface area contributed by atoms with Crippen molar-refractivity contribution in [1.29, 1.82) is 0 Å². The Morgan fingerprint density at radius 3 is 2.52 bits per heavy atom. The summed E-state index contributed by atoms with van der Waals surface area (Å²) in [5.41, 5.74) is 3.17. The molecule has 25 heavy (non-hydrogen) atoms. The maximum absolute atomic E-state index is 12.4. The lowest BCUT2D eigenvalue weighted by Crippen LogP contribution is -2.30. The van der Waals surface area contributed by atoms with Gasteiger partial charge in [0.05, 0.1) is 11.0 Å². The number of carbonyl (C=O) groups excluding carboxylic acids is 1. The lowest BCUT2D eigenvalue weighted by molar-refractivity contribution is -0.122. The summed E-state index contributed by atoms with van der Waals surface area (Å²) >= 11 is 0. The van der Waals surface area contributed by atoms with Crippen molar-refractivity contribution in [3.63, 3.8) is 0 Å². The van der Waals surface area contributed by atoms with Gasteiger partial charge in [0.15, 0.2) is 6.10 Å². The molecule has 3 aromatic rings. The van der Waals surface area contributed by atoms with Gasteiger partial charge in [0.2, 0.25) is 0 Å². The summed E-state index contributed by atoms with van der Waals surface area (Å²) in [5, 5.41) is 2.84. The summed E-state index contributed by atoms with van der Waals surface area (Å²) in [4.78, 5) is 24.4. The highest BCUT2D eigenvalue weighted by Crippen LogP contribution is 2.19. The van der Waals surface area contributed by atoms with Gasteiger partial charge in [0.25, 0.3) is 5.91 Å². The van der Waals surface area contributed by atoms with E-state index in [0.717, 1.165) is 16.6 Å². The van der Waals surface area contributed by atoms with Gasteiger partial charge in [-0.2, -0.15) is 0 Å². The number of aryl methyl sites for hydroxylation is 3. The van der Waals surface area contributed by atoms with Gasteiger partial charge in [-0.15, -0.1) is 0 Å². The Morgan fingerprint density at radius 2 is 1.80 bits per heavy atom. The number of hydrogen-bond donors (Lipinski definition) is 1. The maximum Gasteiger partial charge on any atom is 0.328 e. The maximum atomic E-state index is 12.4. The number of carbonyl (C=O) groups is 1. The van der Waals surface area contributed by atoms with Crippen molar-refractivity contribution < 1.29 is 9.53 Å². The lowest BCUT2D eigenvalue weighted by atomic mass is 10.2. The van der Waals surface area contributed by atoms with E-state index in [4.69, 9.17) is 4.74 Å². The van der Waals surface area contributed by atoms with Crippen LogP contribution in [0.5, 0.6) is 5.75 Å². The average Bonchev–Trinajstić information content (AvgIpc) is 2.79. The van der Waals surface area contributed by atoms with Crippen molar-refractivity contribution >= 4 is 22.6 Å². The minimum atomic E-state index is -0.642. The quantitative estimate of drug-likeness (QED) is 0.794. The molecule has 6 heteroatoms. The SMILES string of the molecule is Cc1cccc(O[C@H](C)C(=O)Nc2ccc3c(c2)n(C)c(=O)n3C)c1. The highest BCUT2D eigenvalue weighted by Gasteiger charge is 2.16. The molecule has 1 heterocycles. The molecule has 0 fully saturated rings. The Balaban J connectivity index is 1.77. The molecule has 1 amide bonds. The molecule has 0 radical (unpaired) electrons. The number of nitrogens with zero attached hydrogens (tertiary/aromatic N) is 2. The van der Waals surface area contributed by atoms with Crippen molar-refractivity contribution in [2.75, 3.05) is 5.32 Å². The van der Waals surface area contributed by atoms with Crippen LogP contribution in [0.2, 0.25) is 0 Å². The van der Waals surface area contributed by atoms with Gasteiger partial charge < -0.3 is 10.1 Å². The normalized spacial score (nSPS) is 12.2. The number of rotatable bonds is 4. The summed E-state index contributed by atoms with van der Waals surface area (Å²) in [5.74, 6) is 0.408. The second-order valence-corrected chi connectivity index (χ2v) is 6.17. The fourth-order valence-corrected chi connectivity index (χ4v) is 2.77. The number of amides is 1. The molecule has 2 aromatic carbocycles. The molecule has 0 saturated heterocycles. The predicted octanol–water partition coefficient (Wildman–Crippen LogP) is 2.59. The van der Waals surface area contributed by atoms with Crippen molar-refractivity contribution in [2.45, 2.75) is 20.0 Å². The van der Waals surface area contributed by atoms with Crippen LogP contribution in [0, 0.1) is 6.92 Å². The fraction of sp³-hybridized carbons (Fsp3) is 0.263. The molecule has 0 saturated carbocycles. The van der Waals surface area contributed by atoms with Crippen LogP contribution in [0.25, 0.3) is 11.0 Å². The third-order valence-electron chi connectivity index (χ3n) is 4.21. The number of fused-ring (bicyclic) bond motifs is 1. The molecule has 0 aliphatic rings. The van der Waals surface area contributed by atoms with Crippen LogP contribution in [0.1, 0.15) is 12.5 Å². The van der Waals surface area contributed by atoms with Crippen molar-refractivity contribution in [3.05, 3.63) is 58.5 Å². The zero-order chi connectivity index (χ0) is 18.1. The highest BCUT2D eigenvalue weighted by molar-refractivity contribution is 5.95. The van der Waals surface area contributed by atoms with Gasteiger partial charge in [0.1, 0.15) is 5.75 Å². The Hall–Kier alpha value is -3.02. The van der Waals surface area contributed by atoms with E-state index in [1.807, 2.05) is 37.3 Å². The first-order chi connectivity index (χ1) is 11.9. The van der Waals surface area contributed by atoms with Crippen molar-refractivity contribution in [1.82, 2.24) is 9.13 Å².